The van der Waals surface area contributed by atoms with Crippen LogP contribution < -0.4 is 4.90 Å². The molecule has 5 nitrogen and oxygen atoms in total. The fraction of sp³-hybridized carbons (Fsp3) is 0.238. The highest BCUT2D eigenvalue weighted by Crippen LogP contribution is 2.34. The molecule has 0 unspecified atom stereocenters. The second-order valence-corrected chi connectivity index (χ2v) is 10.7. The molecular weight excluding hydrogens is 463 g/mol. The maximum absolute atomic E-state index is 13.2. The summed E-state index contributed by atoms with van der Waals surface area (Å²) in [5.74, 6) is -0.339. The third-order valence-corrected chi connectivity index (χ3v) is 6.49. The van der Waals surface area contributed by atoms with Crippen molar-refractivity contribution in [1.29, 1.82) is 0 Å². The predicted molar refractivity (Wildman–Crippen MR) is 125 cm³/mol. The Kier molecular flexibility index (Phi) is 7.18. The highest BCUT2D eigenvalue weighted by Gasteiger charge is 2.21. The first kappa shape index (κ1) is 22.7. The van der Waals surface area contributed by atoms with Crippen LogP contribution in [0.25, 0.3) is 11.3 Å². The summed E-state index contributed by atoms with van der Waals surface area (Å²) in [7, 11) is -3.19. The van der Waals surface area contributed by atoms with Gasteiger partial charge in [-0.25, -0.2) is 13.4 Å². The predicted octanol–water partition coefficient (Wildman–Crippen LogP) is 5.72. The SMILES string of the molecule is CCCN(C(=O)c1cccc(CS(C)(=O)=O)c1)c1nc(-c2ccc(Cl)cc2Cl)cs1. The molecule has 0 fully saturated rings. The molecule has 30 heavy (non-hydrogen) atoms. The fourth-order valence-electron chi connectivity index (χ4n) is 2.97. The Morgan fingerprint density at radius 3 is 2.60 bits per heavy atom. The van der Waals surface area contributed by atoms with E-state index in [0.29, 0.717) is 38.5 Å². The quantitative estimate of drug-likeness (QED) is 0.431. The second kappa shape index (κ2) is 9.47. The Bertz CT molecular complexity index is 1180. The number of sulfone groups is 1. The normalized spacial score (nSPS) is 11.5. The van der Waals surface area contributed by atoms with Crippen LogP contribution in [0.4, 0.5) is 5.13 Å². The van der Waals surface area contributed by atoms with Crippen molar-refractivity contribution in [3.05, 3.63) is 69.0 Å². The van der Waals surface area contributed by atoms with Crippen LogP contribution in [0.5, 0.6) is 0 Å². The monoisotopic (exact) mass is 482 g/mol. The van der Waals surface area contributed by atoms with Gasteiger partial charge in [-0.15, -0.1) is 11.3 Å². The minimum Gasteiger partial charge on any atom is -0.284 e. The Balaban J connectivity index is 1.92. The van der Waals surface area contributed by atoms with Gasteiger partial charge >= 0.3 is 0 Å². The first-order valence-electron chi connectivity index (χ1n) is 9.17. The number of amides is 1. The summed E-state index contributed by atoms with van der Waals surface area (Å²) in [5, 5.41) is 3.43. The van der Waals surface area contributed by atoms with Crippen molar-refractivity contribution in [2.45, 2.75) is 19.1 Å². The number of carbonyl (C=O) groups excluding carboxylic acids is 1. The van der Waals surface area contributed by atoms with E-state index < -0.39 is 9.84 Å². The van der Waals surface area contributed by atoms with Crippen LogP contribution >= 0.6 is 34.5 Å². The molecule has 0 aliphatic heterocycles. The summed E-state index contributed by atoms with van der Waals surface area (Å²) < 4.78 is 23.2. The highest BCUT2D eigenvalue weighted by molar-refractivity contribution is 7.89. The second-order valence-electron chi connectivity index (χ2n) is 6.87. The molecule has 3 rings (SSSR count). The molecule has 1 aromatic heterocycles. The average molecular weight is 483 g/mol. The third-order valence-electron chi connectivity index (χ3n) is 4.23. The van der Waals surface area contributed by atoms with Crippen LogP contribution in [0.15, 0.2) is 47.8 Å². The van der Waals surface area contributed by atoms with Crippen LogP contribution in [0, 0.1) is 0 Å². The van der Waals surface area contributed by atoms with Gasteiger partial charge in [-0.2, -0.15) is 0 Å². The molecule has 0 saturated carbocycles. The van der Waals surface area contributed by atoms with Gasteiger partial charge in [0.05, 0.1) is 16.5 Å². The van der Waals surface area contributed by atoms with Crippen LogP contribution in [-0.2, 0) is 15.6 Å². The van der Waals surface area contributed by atoms with Crippen LogP contribution in [-0.4, -0.2) is 32.1 Å². The number of aromatic nitrogens is 1. The molecule has 3 aromatic rings. The van der Waals surface area contributed by atoms with E-state index in [2.05, 4.69) is 4.98 Å². The fourth-order valence-corrected chi connectivity index (χ4v) is 5.11. The summed E-state index contributed by atoms with van der Waals surface area (Å²) in [5.41, 5.74) is 2.40. The molecule has 9 heteroatoms. The molecule has 0 atom stereocenters. The molecule has 0 spiro atoms. The van der Waals surface area contributed by atoms with E-state index in [1.165, 1.54) is 17.6 Å². The minimum absolute atomic E-state index is 0.113. The number of nitrogens with zero attached hydrogens (tertiary/aromatic N) is 2. The largest absolute Gasteiger partial charge is 0.284 e. The van der Waals surface area contributed by atoms with Crippen LogP contribution in [0.1, 0.15) is 29.3 Å². The number of thiazole rings is 1. The third kappa shape index (κ3) is 5.60. The zero-order valence-electron chi connectivity index (χ0n) is 16.4. The van der Waals surface area contributed by atoms with Gasteiger partial charge in [-0.3, -0.25) is 9.69 Å². The molecule has 1 heterocycles. The molecule has 0 radical (unpaired) electrons. The van der Waals surface area contributed by atoms with E-state index in [9.17, 15) is 13.2 Å². The van der Waals surface area contributed by atoms with E-state index in [-0.39, 0.29) is 11.7 Å². The molecule has 2 aromatic carbocycles. The molecule has 1 amide bonds. The Hall–Kier alpha value is -1.93. The van der Waals surface area contributed by atoms with Gasteiger partial charge in [0, 0.05) is 34.3 Å². The maximum Gasteiger partial charge on any atom is 0.260 e. The molecule has 0 bridgehead atoms. The van der Waals surface area contributed by atoms with Crippen LogP contribution in [0.3, 0.4) is 0 Å². The van der Waals surface area contributed by atoms with E-state index >= 15 is 0 Å². The summed E-state index contributed by atoms with van der Waals surface area (Å²) in [4.78, 5) is 19.4. The summed E-state index contributed by atoms with van der Waals surface area (Å²) >= 11 is 13.6. The zero-order valence-corrected chi connectivity index (χ0v) is 19.6. The van der Waals surface area contributed by atoms with Crippen LogP contribution in [0.2, 0.25) is 10.0 Å². The molecule has 0 saturated heterocycles. The maximum atomic E-state index is 13.2. The molecule has 0 aliphatic rings. The van der Waals surface area contributed by atoms with Gasteiger partial charge in [-0.05, 0) is 42.3 Å². The molecule has 0 aliphatic carbocycles. The summed E-state index contributed by atoms with van der Waals surface area (Å²) in [6.07, 6.45) is 1.91. The number of benzene rings is 2. The molecule has 0 N–H and O–H groups in total. The van der Waals surface area contributed by atoms with Gasteiger partial charge in [-0.1, -0.05) is 42.3 Å². The molecular formula is C21H20Cl2N2O3S2. The van der Waals surface area contributed by atoms with Crippen molar-refractivity contribution in [3.8, 4) is 11.3 Å². The van der Waals surface area contributed by atoms with Gasteiger partial charge in [0.25, 0.3) is 5.91 Å². The first-order chi connectivity index (χ1) is 14.2. The van der Waals surface area contributed by atoms with Crippen molar-refractivity contribution >= 4 is 55.4 Å². The summed E-state index contributed by atoms with van der Waals surface area (Å²) in [6.45, 7) is 2.46. The Morgan fingerprint density at radius 1 is 1.17 bits per heavy atom. The number of halogens is 2. The Labute approximate surface area is 190 Å². The van der Waals surface area contributed by atoms with E-state index in [1.54, 1.807) is 47.4 Å². The summed E-state index contributed by atoms with van der Waals surface area (Å²) in [6, 6.07) is 11.9. The number of carbonyl (C=O) groups is 1. The van der Waals surface area contributed by atoms with Gasteiger partial charge in [0.2, 0.25) is 0 Å². The average Bonchev–Trinajstić information content (AvgIpc) is 3.14. The van der Waals surface area contributed by atoms with Gasteiger partial charge < -0.3 is 0 Å². The van der Waals surface area contributed by atoms with Crippen molar-refractivity contribution in [3.63, 3.8) is 0 Å². The highest BCUT2D eigenvalue weighted by atomic mass is 35.5. The van der Waals surface area contributed by atoms with Crippen molar-refractivity contribution < 1.29 is 13.2 Å². The number of hydrogen-bond donors (Lipinski definition) is 0. The van der Waals surface area contributed by atoms with Crippen molar-refractivity contribution in [2.75, 3.05) is 17.7 Å². The number of hydrogen-bond acceptors (Lipinski definition) is 5. The van der Waals surface area contributed by atoms with Crippen molar-refractivity contribution in [1.82, 2.24) is 4.98 Å². The van der Waals surface area contributed by atoms with E-state index in [0.717, 1.165) is 12.0 Å². The van der Waals surface area contributed by atoms with Gasteiger partial charge in [0.15, 0.2) is 15.0 Å². The standard InChI is InChI=1S/C21H20Cl2N2O3S2/c1-3-9-25(20(26)15-6-4-5-14(10-15)13-30(2,27)28)21-24-19(12-29-21)17-8-7-16(22)11-18(17)23/h4-8,10-12H,3,9,13H2,1-2H3. The first-order valence-corrected chi connectivity index (χ1v) is 12.9. The molecule has 158 valence electrons. The van der Waals surface area contributed by atoms with Gasteiger partial charge in [0.1, 0.15) is 0 Å². The van der Waals surface area contributed by atoms with Crippen molar-refractivity contribution in [2.24, 2.45) is 0 Å². The lowest BCUT2D eigenvalue weighted by atomic mass is 10.1. The number of rotatable bonds is 7. The van der Waals surface area contributed by atoms with E-state index in [4.69, 9.17) is 23.2 Å². The Morgan fingerprint density at radius 2 is 1.93 bits per heavy atom. The minimum atomic E-state index is -3.19. The number of anilines is 1. The lowest BCUT2D eigenvalue weighted by Crippen LogP contribution is -2.31. The lowest BCUT2D eigenvalue weighted by Gasteiger charge is -2.19. The van der Waals surface area contributed by atoms with E-state index in [1.807, 2.05) is 12.3 Å². The smallest absolute Gasteiger partial charge is 0.260 e. The lowest BCUT2D eigenvalue weighted by molar-refractivity contribution is 0.0986. The topological polar surface area (TPSA) is 67.3 Å². The zero-order chi connectivity index (χ0) is 21.9.